The molecule has 0 unspecified atom stereocenters. The van der Waals surface area contributed by atoms with E-state index in [1.165, 1.54) is 13.2 Å². The summed E-state index contributed by atoms with van der Waals surface area (Å²) >= 11 is 0. The zero-order valence-electron chi connectivity index (χ0n) is 13.2. The highest BCUT2D eigenvalue weighted by Crippen LogP contribution is 2.29. The van der Waals surface area contributed by atoms with Gasteiger partial charge in [-0.25, -0.2) is 0 Å². The van der Waals surface area contributed by atoms with Gasteiger partial charge in [-0.1, -0.05) is 36.4 Å². The maximum Gasteiger partial charge on any atom is 0.311 e. The molecule has 0 fully saturated rings. The number of hydrogen-bond donors (Lipinski definition) is 0. The van der Waals surface area contributed by atoms with Gasteiger partial charge >= 0.3 is 5.97 Å². The Balaban J connectivity index is 2.00. The standard InChI is InChI=1S/C18H17NO5/c1-23-17-13-15(11-12-19(21)22)7-9-16(17)24-18(20)10-8-14-5-3-2-4-6-14/h2-7,9,11-13H,8,10H2,1H3/b12-11+. The molecule has 0 aliphatic heterocycles. The van der Waals surface area contributed by atoms with Gasteiger partial charge in [0, 0.05) is 12.5 Å². The van der Waals surface area contributed by atoms with Crippen LogP contribution in [0.3, 0.4) is 0 Å². The van der Waals surface area contributed by atoms with Crippen molar-refractivity contribution in [2.24, 2.45) is 0 Å². The van der Waals surface area contributed by atoms with Gasteiger partial charge in [0.15, 0.2) is 11.5 Å². The van der Waals surface area contributed by atoms with Crippen molar-refractivity contribution in [2.75, 3.05) is 7.11 Å². The average molecular weight is 327 g/mol. The molecule has 0 radical (unpaired) electrons. The van der Waals surface area contributed by atoms with Crippen LogP contribution in [0.1, 0.15) is 17.5 Å². The molecule has 0 N–H and O–H groups in total. The number of hydrogen-bond acceptors (Lipinski definition) is 5. The highest BCUT2D eigenvalue weighted by Gasteiger charge is 2.11. The number of aryl methyl sites for hydroxylation is 1. The van der Waals surface area contributed by atoms with Crippen molar-refractivity contribution in [1.29, 1.82) is 0 Å². The first kappa shape index (κ1) is 17.2. The van der Waals surface area contributed by atoms with E-state index in [0.29, 0.717) is 17.7 Å². The lowest BCUT2D eigenvalue weighted by molar-refractivity contribution is -0.400. The Kier molecular flexibility index (Phi) is 6.08. The first-order valence-corrected chi connectivity index (χ1v) is 7.33. The molecule has 2 aromatic rings. The molecule has 0 saturated carbocycles. The molecule has 0 amide bonds. The molecule has 24 heavy (non-hydrogen) atoms. The number of nitrogens with zero attached hydrogens (tertiary/aromatic N) is 1. The normalized spacial score (nSPS) is 10.5. The second-order valence-corrected chi connectivity index (χ2v) is 4.97. The number of esters is 1. The number of carbonyl (C=O) groups excluding carboxylic acids is 1. The minimum Gasteiger partial charge on any atom is -0.493 e. The number of ether oxygens (including phenoxy) is 2. The summed E-state index contributed by atoms with van der Waals surface area (Å²) in [5.41, 5.74) is 1.63. The lowest BCUT2D eigenvalue weighted by Gasteiger charge is -2.10. The Morgan fingerprint density at radius 2 is 1.92 bits per heavy atom. The topological polar surface area (TPSA) is 78.7 Å². The molecule has 0 heterocycles. The lowest BCUT2D eigenvalue weighted by Crippen LogP contribution is -2.09. The zero-order chi connectivity index (χ0) is 17.4. The number of carbonyl (C=O) groups is 1. The molecule has 124 valence electrons. The molecule has 0 bridgehead atoms. The van der Waals surface area contributed by atoms with Crippen molar-refractivity contribution < 1.29 is 19.2 Å². The minimum absolute atomic E-state index is 0.246. The van der Waals surface area contributed by atoms with Gasteiger partial charge in [0.1, 0.15) is 0 Å². The molecule has 0 spiro atoms. The Bertz CT molecular complexity index is 740. The molecule has 2 rings (SSSR count). The first-order chi connectivity index (χ1) is 11.6. The van der Waals surface area contributed by atoms with Crippen LogP contribution in [0.2, 0.25) is 0 Å². The van der Waals surface area contributed by atoms with Crippen molar-refractivity contribution in [2.45, 2.75) is 12.8 Å². The van der Waals surface area contributed by atoms with Crippen LogP contribution < -0.4 is 9.47 Å². The molecular formula is C18H17NO5. The van der Waals surface area contributed by atoms with E-state index in [0.717, 1.165) is 11.8 Å². The molecule has 6 nitrogen and oxygen atoms in total. The van der Waals surface area contributed by atoms with Crippen molar-refractivity contribution in [3.63, 3.8) is 0 Å². The third kappa shape index (κ3) is 5.24. The summed E-state index contributed by atoms with van der Waals surface area (Å²) in [5, 5.41) is 10.3. The number of methoxy groups -OCH3 is 1. The van der Waals surface area contributed by atoms with Gasteiger partial charge in [-0.15, -0.1) is 0 Å². The van der Waals surface area contributed by atoms with E-state index in [9.17, 15) is 14.9 Å². The fourth-order valence-corrected chi connectivity index (χ4v) is 2.08. The van der Waals surface area contributed by atoms with E-state index < -0.39 is 4.92 Å². The monoisotopic (exact) mass is 327 g/mol. The number of benzene rings is 2. The van der Waals surface area contributed by atoms with Gasteiger partial charge in [-0.3, -0.25) is 14.9 Å². The molecule has 0 saturated heterocycles. The summed E-state index contributed by atoms with van der Waals surface area (Å²) < 4.78 is 10.5. The second kappa shape index (κ2) is 8.47. The molecule has 0 aliphatic carbocycles. The predicted octanol–water partition coefficient (Wildman–Crippen LogP) is 3.48. The minimum atomic E-state index is -0.552. The van der Waals surface area contributed by atoms with Crippen LogP contribution in [0.4, 0.5) is 0 Å². The van der Waals surface area contributed by atoms with Crippen molar-refractivity contribution in [3.05, 3.63) is 76.0 Å². The van der Waals surface area contributed by atoms with E-state index in [-0.39, 0.29) is 18.1 Å². The van der Waals surface area contributed by atoms with E-state index in [1.807, 2.05) is 30.3 Å². The molecule has 0 atom stereocenters. The van der Waals surface area contributed by atoms with Crippen LogP contribution in [-0.4, -0.2) is 18.0 Å². The Hall–Kier alpha value is -3.15. The quantitative estimate of drug-likeness (QED) is 0.337. The highest BCUT2D eigenvalue weighted by molar-refractivity contribution is 5.74. The smallest absolute Gasteiger partial charge is 0.311 e. The van der Waals surface area contributed by atoms with Crippen LogP contribution in [0.25, 0.3) is 6.08 Å². The van der Waals surface area contributed by atoms with E-state index in [2.05, 4.69) is 0 Å². The predicted molar refractivity (Wildman–Crippen MR) is 89.4 cm³/mol. The van der Waals surface area contributed by atoms with Crippen LogP contribution >= 0.6 is 0 Å². The Morgan fingerprint density at radius 1 is 1.17 bits per heavy atom. The van der Waals surface area contributed by atoms with Gasteiger partial charge in [0.05, 0.1) is 12.0 Å². The van der Waals surface area contributed by atoms with Crippen LogP contribution in [0.5, 0.6) is 11.5 Å². The second-order valence-electron chi connectivity index (χ2n) is 4.97. The van der Waals surface area contributed by atoms with Crippen LogP contribution in [0.15, 0.2) is 54.7 Å². The fraction of sp³-hybridized carbons (Fsp3) is 0.167. The van der Waals surface area contributed by atoms with E-state index in [4.69, 9.17) is 9.47 Å². The van der Waals surface area contributed by atoms with Gasteiger partial charge < -0.3 is 9.47 Å². The third-order valence-corrected chi connectivity index (χ3v) is 3.26. The summed E-state index contributed by atoms with van der Waals surface area (Å²) in [5.74, 6) is 0.258. The van der Waals surface area contributed by atoms with Crippen molar-refractivity contribution in [1.82, 2.24) is 0 Å². The maximum absolute atomic E-state index is 12.0. The molecule has 6 heteroatoms. The summed E-state index contributed by atoms with van der Waals surface area (Å²) in [7, 11) is 1.44. The fourth-order valence-electron chi connectivity index (χ4n) is 2.08. The molecular weight excluding hydrogens is 310 g/mol. The third-order valence-electron chi connectivity index (χ3n) is 3.26. The molecule has 0 aromatic heterocycles. The number of nitro groups is 1. The summed E-state index contributed by atoms with van der Waals surface area (Å²) in [6.45, 7) is 0. The SMILES string of the molecule is COc1cc(/C=C/[N+](=O)[O-])ccc1OC(=O)CCc1ccccc1. The molecule has 0 aliphatic rings. The summed E-state index contributed by atoms with van der Waals surface area (Å²) in [6.07, 6.45) is 3.01. The number of rotatable bonds is 7. The van der Waals surface area contributed by atoms with Crippen molar-refractivity contribution >= 4 is 12.0 Å². The summed E-state index contributed by atoms with van der Waals surface area (Å²) in [6, 6.07) is 14.4. The largest absolute Gasteiger partial charge is 0.493 e. The van der Waals surface area contributed by atoms with Gasteiger partial charge in [0.25, 0.3) is 0 Å². The average Bonchev–Trinajstić information content (AvgIpc) is 2.60. The van der Waals surface area contributed by atoms with Crippen LogP contribution in [-0.2, 0) is 11.2 Å². The Labute approximate surface area is 139 Å². The maximum atomic E-state index is 12.0. The van der Waals surface area contributed by atoms with E-state index >= 15 is 0 Å². The first-order valence-electron chi connectivity index (χ1n) is 7.33. The van der Waals surface area contributed by atoms with Gasteiger partial charge in [0.2, 0.25) is 6.20 Å². The summed E-state index contributed by atoms with van der Waals surface area (Å²) in [4.78, 5) is 21.8. The van der Waals surface area contributed by atoms with Crippen LogP contribution in [0, 0.1) is 10.1 Å². The van der Waals surface area contributed by atoms with E-state index in [1.54, 1.807) is 18.2 Å². The Morgan fingerprint density at radius 3 is 2.58 bits per heavy atom. The van der Waals surface area contributed by atoms with Gasteiger partial charge in [-0.05, 0) is 29.7 Å². The lowest BCUT2D eigenvalue weighted by atomic mass is 10.1. The zero-order valence-corrected chi connectivity index (χ0v) is 13.2. The highest BCUT2D eigenvalue weighted by atomic mass is 16.6. The molecule has 2 aromatic carbocycles. The van der Waals surface area contributed by atoms with Crippen molar-refractivity contribution in [3.8, 4) is 11.5 Å². The van der Waals surface area contributed by atoms with Gasteiger partial charge in [-0.2, -0.15) is 0 Å².